The van der Waals surface area contributed by atoms with Crippen LogP contribution in [0.5, 0.6) is 5.75 Å². The Bertz CT molecular complexity index is 604. The van der Waals surface area contributed by atoms with E-state index < -0.39 is 10.9 Å². The molecule has 0 unspecified atom stereocenters. The van der Waals surface area contributed by atoms with Crippen LogP contribution in [0.3, 0.4) is 0 Å². The van der Waals surface area contributed by atoms with Crippen LogP contribution in [0, 0.1) is 21.4 Å². The van der Waals surface area contributed by atoms with E-state index in [1.54, 1.807) is 13.0 Å². The van der Waals surface area contributed by atoms with E-state index >= 15 is 0 Å². The fraction of sp³-hybridized carbons (Fsp3) is 0.167. The molecule has 0 aliphatic heterocycles. The summed E-state index contributed by atoms with van der Waals surface area (Å²) in [7, 11) is 0. The normalized spacial score (nSPS) is 10.5. The molecule has 20 heavy (non-hydrogen) atoms. The number of phenols is 1. The number of benzene rings is 1. The number of aromatic hydroxyl groups is 1. The van der Waals surface area contributed by atoms with Crippen LogP contribution in [0.15, 0.2) is 30.0 Å². The molecule has 0 aliphatic rings. The first-order chi connectivity index (χ1) is 9.49. The van der Waals surface area contributed by atoms with Crippen molar-refractivity contribution in [3.8, 4) is 11.8 Å². The minimum Gasteiger partial charge on any atom is -0.506 e. The number of hydrogen-bond acceptors (Lipinski definition) is 7. The summed E-state index contributed by atoms with van der Waals surface area (Å²) in [4.78, 5) is 21.2. The molecule has 0 spiro atoms. The predicted octanol–water partition coefficient (Wildman–Crippen LogP) is 1.68. The minimum atomic E-state index is -0.802. The molecule has 1 aromatic rings. The van der Waals surface area contributed by atoms with Gasteiger partial charge in [0.15, 0.2) is 5.57 Å². The number of nitro groups is 1. The van der Waals surface area contributed by atoms with Crippen molar-refractivity contribution in [3.05, 3.63) is 40.1 Å². The van der Waals surface area contributed by atoms with Crippen LogP contribution >= 0.6 is 0 Å². The molecule has 8 heteroatoms. The van der Waals surface area contributed by atoms with Crippen molar-refractivity contribution in [2.45, 2.75) is 6.92 Å². The Morgan fingerprint density at radius 3 is 2.85 bits per heavy atom. The number of nitro benzene ring substituents is 1. The molecule has 0 saturated heterocycles. The number of phenolic OH excluding ortho intramolecular Hbond substituents is 1. The highest BCUT2D eigenvalue weighted by Crippen LogP contribution is 2.27. The third-order valence-corrected chi connectivity index (χ3v) is 2.18. The van der Waals surface area contributed by atoms with Crippen LogP contribution in [0.2, 0.25) is 0 Å². The molecule has 0 aromatic heterocycles. The summed E-state index contributed by atoms with van der Waals surface area (Å²) in [6, 6.07) is 5.02. The van der Waals surface area contributed by atoms with Crippen molar-refractivity contribution in [2.75, 3.05) is 11.9 Å². The number of ether oxygens (including phenoxy) is 1. The van der Waals surface area contributed by atoms with Gasteiger partial charge in [-0.3, -0.25) is 10.1 Å². The van der Waals surface area contributed by atoms with E-state index in [4.69, 9.17) is 5.26 Å². The molecule has 0 fully saturated rings. The molecule has 0 amide bonds. The second-order valence-electron chi connectivity index (χ2n) is 3.49. The van der Waals surface area contributed by atoms with Crippen LogP contribution < -0.4 is 5.32 Å². The Morgan fingerprint density at radius 1 is 1.65 bits per heavy atom. The molecule has 0 saturated carbocycles. The van der Waals surface area contributed by atoms with Gasteiger partial charge in [-0.15, -0.1) is 0 Å². The van der Waals surface area contributed by atoms with E-state index in [-0.39, 0.29) is 29.3 Å². The van der Waals surface area contributed by atoms with Crippen LogP contribution in [-0.2, 0) is 9.53 Å². The summed E-state index contributed by atoms with van der Waals surface area (Å²) < 4.78 is 4.64. The molecule has 104 valence electrons. The predicted molar refractivity (Wildman–Crippen MR) is 68.7 cm³/mol. The fourth-order valence-corrected chi connectivity index (χ4v) is 1.25. The molecule has 0 atom stereocenters. The standard InChI is InChI=1S/C12H11N3O5/c1-2-20-12(17)8(6-13)7-14-10-4-3-9(15(18)19)5-11(10)16/h3-5,7,14,16H,2H2,1H3/b8-7+. The van der Waals surface area contributed by atoms with E-state index in [2.05, 4.69) is 10.1 Å². The van der Waals surface area contributed by atoms with Gasteiger partial charge in [0.25, 0.3) is 5.69 Å². The van der Waals surface area contributed by atoms with Gasteiger partial charge in [0, 0.05) is 12.3 Å². The number of esters is 1. The second-order valence-corrected chi connectivity index (χ2v) is 3.49. The van der Waals surface area contributed by atoms with Crippen molar-refractivity contribution in [1.82, 2.24) is 0 Å². The highest BCUT2D eigenvalue weighted by molar-refractivity contribution is 5.93. The lowest BCUT2D eigenvalue weighted by Gasteiger charge is -2.04. The summed E-state index contributed by atoms with van der Waals surface area (Å²) in [6.45, 7) is 1.73. The lowest BCUT2D eigenvalue weighted by molar-refractivity contribution is -0.384. The Morgan fingerprint density at radius 2 is 2.35 bits per heavy atom. The topological polar surface area (TPSA) is 125 Å². The maximum atomic E-state index is 11.3. The monoisotopic (exact) mass is 277 g/mol. The van der Waals surface area contributed by atoms with E-state index in [0.29, 0.717) is 0 Å². The molecule has 1 aromatic carbocycles. The van der Waals surface area contributed by atoms with Crippen molar-refractivity contribution >= 4 is 17.3 Å². The first kappa shape index (κ1) is 15.0. The number of rotatable bonds is 5. The van der Waals surface area contributed by atoms with E-state index in [1.165, 1.54) is 12.1 Å². The number of non-ortho nitro benzene ring substituents is 1. The Balaban J connectivity index is 2.91. The average molecular weight is 277 g/mol. The highest BCUT2D eigenvalue weighted by Gasteiger charge is 2.12. The summed E-state index contributed by atoms with van der Waals surface area (Å²) in [5, 5.41) is 31.4. The molecule has 0 heterocycles. The Hall–Kier alpha value is -3.08. The van der Waals surface area contributed by atoms with Crippen molar-refractivity contribution < 1.29 is 19.6 Å². The van der Waals surface area contributed by atoms with Gasteiger partial charge < -0.3 is 15.2 Å². The molecule has 1 rings (SSSR count). The van der Waals surface area contributed by atoms with Crippen LogP contribution in [0.25, 0.3) is 0 Å². The number of anilines is 1. The fourth-order valence-electron chi connectivity index (χ4n) is 1.25. The highest BCUT2D eigenvalue weighted by atomic mass is 16.6. The number of nitrogens with zero attached hydrogens (tertiary/aromatic N) is 2. The van der Waals surface area contributed by atoms with E-state index in [1.807, 2.05) is 0 Å². The van der Waals surface area contributed by atoms with Crippen LogP contribution in [0.4, 0.5) is 11.4 Å². The quantitative estimate of drug-likeness (QED) is 0.209. The lowest BCUT2D eigenvalue weighted by atomic mass is 10.2. The molecular weight excluding hydrogens is 266 g/mol. The zero-order valence-corrected chi connectivity index (χ0v) is 10.5. The maximum absolute atomic E-state index is 11.3. The van der Waals surface area contributed by atoms with Gasteiger partial charge in [-0.25, -0.2) is 4.79 Å². The SMILES string of the molecule is CCOC(=O)/C(C#N)=C/Nc1ccc([N+](=O)[O-])cc1O. The first-order valence-electron chi connectivity index (χ1n) is 5.51. The number of nitriles is 1. The summed E-state index contributed by atoms with van der Waals surface area (Å²) in [5.41, 5.74) is -0.444. The van der Waals surface area contributed by atoms with E-state index in [9.17, 15) is 20.0 Å². The second kappa shape index (κ2) is 6.75. The average Bonchev–Trinajstić information content (AvgIpc) is 2.41. The molecule has 2 N–H and O–H groups in total. The number of nitrogens with one attached hydrogen (secondary N) is 1. The van der Waals surface area contributed by atoms with Gasteiger partial charge in [0.1, 0.15) is 11.8 Å². The zero-order valence-electron chi connectivity index (χ0n) is 10.5. The number of hydrogen-bond donors (Lipinski definition) is 2. The molecular formula is C12H11N3O5. The van der Waals surface area contributed by atoms with Gasteiger partial charge >= 0.3 is 5.97 Å². The number of carbonyl (C=O) groups excluding carboxylic acids is 1. The minimum absolute atomic E-state index is 0.118. The number of carbonyl (C=O) groups is 1. The van der Waals surface area contributed by atoms with Crippen molar-refractivity contribution in [2.24, 2.45) is 0 Å². The maximum Gasteiger partial charge on any atom is 0.350 e. The summed E-state index contributed by atoms with van der Waals surface area (Å²) >= 11 is 0. The van der Waals surface area contributed by atoms with Gasteiger partial charge in [-0.05, 0) is 13.0 Å². The molecule has 0 bridgehead atoms. The first-order valence-corrected chi connectivity index (χ1v) is 5.51. The molecule has 0 radical (unpaired) electrons. The zero-order chi connectivity index (χ0) is 15.1. The Labute approximate surface area is 114 Å². The van der Waals surface area contributed by atoms with E-state index in [0.717, 1.165) is 12.3 Å². The van der Waals surface area contributed by atoms with Gasteiger partial charge in [0.2, 0.25) is 0 Å². The van der Waals surface area contributed by atoms with Crippen molar-refractivity contribution in [3.63, 3.8) is 0 Å². The third-order valence-electron chi connectivity index (χ3n) is 2.18. The van der Waals surface area contributed by atoms with Gasteiger partial charge in [-0.2, -0.15) is 5.26 Å². The van der Waals surface area contributed by atoms with Crippen LogP contribution in [-0.4, -0.2) is 22.6 Å². The van der Waals surface area contributed by atoms with Gasteiger partial charge in [-0.1, -0.05) is 0 Å². The summed E-state index contributed by atoms with van der Waals surface area (Å²) in [5.74, 6) is -1.18. The van der Waals surface area contributed by atoms with Gasteiger partial charge in [0.05, 0.1) is 23.3 Å². The largest absolute Gasteiger partial charge is 0.506 e. The lowest BCUT2D eigenvalue weighted by Crippen LogP contribution is -2.07. The Kier molecular flexibility index (Phi) is 5.05. The molecule has 0 aliphatic carbocycles. The van der Waals surface area contributed by atoms with Crippen molar-refractivity contribution in [1.29, 1.82) is 5.26 Å². The van der Waals surface area contributed by atoms with Crippen LogP contribution in [0.1, 0.15) is 6.92 Å². The smallest absolute Gasteiger partial charge is 0.350 e. The molecule has 8 nitrogen and oxygen atoms in total. The summed E-state index contributed by atoms with van der Waals surface area (Å²) in [6.07, 6.45) is 1.05. The third kappa shape index (κ3) is 3.71.